The molecule has 5 heteroatoms. The summed E-state index contributed by atoms with van der Waals surface area (Å²) in [5, 5.41) is 4.22. The molecule has 1 unspecified atom stereocenters. The van der Waals surface area contributed by atoms with Crippen molar-refractivity contribution in [2.45, 2.75) is 32.7 Å². The smallest absolute Gasteiger partial charge is 0.225 e. The second-order valence-electron chi connectivity index (χ2n) is 7.90. The Morgan fingerprint density at radius 3 is 2.79 bits per heavy atom. The first-order chi connectivity index (χ1) is 14.1. The SMILES string of the molecule is Cc1cc2cc(CNC(=O)C3CCC(=O)N(CCc4ccccc4)C3)ccc2[nH]1. The average Bonchev–Trinajstić information content (AvgIpc) is 3.11. The van der Waals surface area contributed by atoms with Gasteiger partial charge in [-0.2, -0.15) is 0 Å². The Labute approximate surface area is 171 Å². The van der Waals surface area contributed by atoms with E-state index in [4.69, 9.17) is 0 Å². The molecule has 1 aromatic heterocycles. The molecule has 2 N–H and O–H groups in total. The first kappa shape index (κ1) is 19.2. The summed E-state index contributed by atoms with van der Waals surface area (Å²) in [7, 11) is 0. The van der Waals surface area contributed by atoms with Gasteiger partial charge in [0.05, 0.1) is 5.92 Å². The van der Waals surface area contributed by atoms with Gasteiger partial charge in [0.2, 0.25) is 11.8 Å². The van der Waals surface area contributed by atoms with Crippen LogP contribution < -0.4 is 5.32 Å². The maximum absolute atomic E-state index is 12.7. The number of amides is 2. The van der Waals surface area contributed by atoms with Crippen molar-refractivity contribution in [1.29, 1.82) is 0 Å². The molecule has 150 valence electrons. The fraction of sp³-hybridized carbons (Fsp3) is 0.333. The van der Waals surface area contributed by atoms with Gasteiger partial charge in [0.1, 0.15) is 0 Å². The summed E-state index contributed by atoms with van der Waals surface area (Å²) < 4.78 is 0. The lowest BCUT2D eigenvalue weighted by molar-refractivity contribution is -0.138. The molecule has 29 heavy (non-hydrogen) atoms. The summed E-state index contributed by atoms with van der Waals surface area (Å²) in [6.07, 6.45) is 1.89. The molecule has 1 saturated heterocycles. The number of aromatic amines is 1. The Kier molecular flexibility index (Phi) is 5.65. The lowest BCUT2D eigenvalue weighted by Crippen LogP contribution is -2.46. The molecule has 4 rings (SSSR count). The van der Waals surface area contributed by atoms with Crippen LogP contribution in [-0.2, 0) is 22.6 Å². The van der Waals surface area contributed by atoms with Crippen molar-refractivity contribution < 1.29 is 9.59 Å². The van der Waals surface area contributed by atoms with E-state index in [1.807, 2.05) is 36.1 Å². The maximum Gasteiger partial charge on any atom is 0.225 e. The number of nitrogens with one attached hydrogen (secondary N) is 2. The molecule has 2 amide bonds. The quantitative estimate of drug-likeness (QED) is 0.677. The van der Waals surface area contributed by atoms with Gasteiger partial charge in [-0.05, 0) is 54.5 Å². The number of fused-ring (bicyclic) bond motifs is 1. The highest BCUT2D eigenvalue weighted by Gasteiger charge is 2.29. The first-order valence-corrected chi connectivity index (χ1v) is 10.3. The van der Waals surface area contributed by atoms with E-state index in [1.54, 1.807) is 0 Å². The van der Waals surface area contributed by atoms with Crippen LogP contribution in [-0.4, -0.2) is 34.8 Å². The predicted octanol–water partition coefficient (Wildman–Crippen LogP) is 3.57. The number of piperidine rings is 1. The van der Waals surface area contributed by atoms with E-state index in [9.17, 15) is 9.59 Å². The van der Waals surface area contributed by atoms with Crippen molar-refractivity contribution in [2.24, 2.45) is 5.92 Å². The third-order valence-electron chi connectivity index (χ3n) is 5.67. The molecule has 0 bridgehead atoms. The highest BCUT2D eigenvalue weighted by molar-refractivity contribution is 5.84. The number of hydrogen-bond donors (Lipinski definition) is 2. The Balaban J connectivity index is 1.32. The minimum absolute atomic E-state index is 0.0348. The molecule has 0 spiro atoms. The number of rotatable bonds is 6. The van der Waals surface area contributed by atoms with Gasteiger partial charge in [0.25, 0.3) is 0 Å². The van der Waals surface area contributed by atoms with E-state index in [1.165, 1.54) is 5.56 Å². The first-order valence-electron chi connectivity index (χ1n) is 10.3. The number of H-pyrrole nitrogens is 1. The van der Waals surface area contributed by atoms with E-state index in [2.05, 4.69) is 40.6 Å². The van der Waals surface area contributed by atoms with Crippen molar-refractivity contribution in [2.75, 3.05) is 13.1 Å². The molecule has 5 nitrogen and oxygen atoms in total. The molecule has 1 fully saturated rings. The number of carbonyl (C=O) groups excluding carboxylic acids is 2. The van der Waals surface area contributed by atoms with Crippen LogP contribution in [0.2, 0.25) is 0 Å². The molecule has 2 heterocycles. The number of likely N-dealkylation sites (tertiary alicyclic amines) is 1. The predicted molar refractivity (Wildman–Crippen MR) is 114 cm³/mol. The topological polar surface area (TPSA) is 65.2 Å². The minimum atomic E-state index is -0.137. The molecule has 0 saturated carbocycles. The molecule has 0 radical (unpaired) electrons. The molecule has 2 aromatic carbocycles. The zero-order chi connectivity index (χ0) is 20.2. The Bertz CT molecular complexity index is 1010. The molecule has 1 aliphatic rings. The van der Waals surface area contributed by atoms with Crippen LogP contribution in [0.3, 0.4) is 0 Å². The minimum Gasteiger partial charge on any atom is -0.359 e. The zero-order valence-corrected chi connectivity index (χ0v) is 16.8. The number of carbonyl (C=O) groups is 2. The Morgan fingerprint density at radius 2 is 1.97 bits per heavy atom. The van der Waals surface area contributed by atoms with Gasteiger partial charge in [-0.3, -0.25) is 9.59 Å². The highest BCUT2D eigenvalue weighted by atomic mass is 16.2. The van der Waals surface area contributed by atoms with Gasteiger partial charge < -0.3 is 15.2 Å². The van der Waals surface area contributed by atoms with Crippen LogP contribution in [0.4, 0.5) is 0 Å². The fourth-order valence-electron chi connectivity index (χ4n) is 4.02. The number of aromatic nitrogens is 1. The van der Waals surface area contributed by atoms with E-state index < -0.39 is 0 Å². The maximum atomic E-state index is 12.7. The van der Waals surface area contributed by atoms with E-state index in [0.29, 0.717) is 32.5 Å². The van der Waals surface area contributed by atoms with Gasteiger partial charge in [-0.1, -0.05) is 36.4 Å². The summed E-state index contributed by atoms with van der Waals surface area (Å²) in [5.74, 6) is 0.0486. The monoisotopic (exact) mass is 389 g/mol. The summed E-state index contributed by atoms with van der Waals surface area (Å²) >= 11 is 0. The molecule has 1 atom stereocenters. The molecule has 3 aromatic rings. The largest absolute Gasteiger partial charge is 0.359 e. The number of benzene rings is 2. The van der Waals surface area contributed by atoms with Gasteiger partial charge >= 0.3 is 0 Å². The molecular formula is C24H27N3O2. The van der Waals surface area contributed by atoms with E-state index in [-0.39, 0.29) is 17.7 Å². The lowest BCUT2D eigenvalue weighted by Gasteiger charge is -2.32. The second-order valence-corrected chi connectivity index (χ2v) is 7.90. The lowest BCUT2D eigenvalue weighted by atomic mass is 9.96. The Hall–Kier alpha value is -3.08. The van der Waals surface area contributed by atoms with Crippen LogP contribution in [0.25, 0.3) is 10.9 Å². The zero-order valence-electron chi connectivity index (χ0n) is 16.8. The van der Waals surface area contributed by atoms with Crippen LogP contribution in [0.5, 0.6) is 0 Å². The van der Waals surface area contributed by atoms with Gasteiger partial charge in [0.15, 0.2) is 0 Å². The number of aryl methyl sites for hydroxylation is 1. The third-order valence-corrected chi connectivity index (χ3v) is 5.67. The average molecular weight is 389 g/mol. The van der Waals surface area contributed by atoms with Crippen LogP contribution >= 0.6 is 0 Å². The van der Waals surface area contributed by atoms with Crippen LogP contribution in [0, 0.1) is 12.8 Å². The molecule has 1 aliphatic heterocycles. The fourth-order valence-corrected chi connectivity index (χ4v) is 4.02. The van der Waals surface area contributed by atoms with Crippen molar-refractivity contribution in [3.63, 3.8) is 0 Å². The molecule has 0 aliphatic carbocycles. The third kappa shape index (κ3) is 4.67. The normalized spacial score (nSPS) is 16.9. The van der Waals surface area contributed by atoms with Gasteiger partial charge in [-0.15, -0.1) is 0 Å². The molecular weight excluding hydrogens is 362 g/mol. The Morgan fingerprint density at radius 1 is 1.14 bits per heavy atom. The number of hydrogen-bond acceptors (Lipinski definition) is 2. The van der Waals surface area contributed by atoms with E-state index in [0.717, 1.165) is 28.6 Å². The highest BCUT2D eigenvalue weighted by Crippen LogP contribution is 2.20. The van der Waals surface area contributed by atoms with E-state index >= 15 is 0 Å². The van der Waals surface area contributed by atoms with Gasteiger partial charge in [0, 0.05) is 37.3 Å². The summed E-state index contributed by atoms with van der Waals surface area (Å²) in [4.78, 5) is 30.1. The van der Waals surface area contributed by atoms with Crippen LogP contribution in [0.15, 0.2) is 54.6 Å². The number of nitrogens with zero attached hydrogens (tertiary/aromatic N) is 1. The summed E-state index contributed by atoms with van der Waals surface area (Å²) in [6, 6.07) is 18.5. The van der Waals surface area contributed by atoms with Crippen molar-refractivity contribution in [3.05, 3.63) is 71.4 Å². The van der Waals surface area contributed by atoms with Crippen molar-refractivity contribution in [3.8, 4) is 0 Å². The summed E-state index contributed by atoms with van der Waals surface area (Å²) in [6.45, 7) is 3.71. The van der Waals surface area contributed by atoms with Crippen molar-refractivity contribution in [1.82, 2.24) is 15.2 Å². The standard InChI is InChI=1S/C24H27N3O2/c1-17-13-21-14-19(7-9-22(21)26-17)15-25-24(29)20-8-10-23(28)27(16-20)12-11-18-5-3-2-4-6-18/h2-7,9,13-14,20,26H,8,10-12,15-16H2,1H3,(H,25,29). The van der Waals surface area contributed by atoms with Crippen LogP contribution in [0.1, 0.15) is 29.7 Å². The van der Waals surface area contributed by atoms with Crippen molar-refractivity contribution >= 4 is 22.7 Å². The summed E-state index contributed by atoms with van der Waals surface area (Å²) in [5.41, 5.74) is 4.53. The second kappa shape index (κ2) is 8.52. The van der Waals surface area contributed by atoms with Gasteiger partial charge in [-0.25, -0.2) is 0 Å².